The number of rotatable bonds is 13. The summed E-state index contributed by atoms with van der Waals surface area (Å²) in [6.07, 6.45) is 18.1. The zero-order chi connectivity index (χ0) is 17.1. The lowest BCUT2D eigenvalue weighted by Crippen LogP contribution is -2.22. The van der Waals surface area contributed by atoms with E-state index in [-0.39, 0.29) is 0 Å². The highest BCUT2D eigenvalue weighted by atomic mass is 16.8. The Labute approximate surface area is 147 Å². The van der Waals surface area contributed by atoms with Crippen molar-refractivity contribution in [2.24, 2.45) is 5.92 Å². The van der Waals surface area contributed by atoms with Gasteiger partial charge in [-0.1, -0.05) is 77.0 Å². The highest BCUT2D eigenvalue weighted by Gasteiger charge is 2.49. The van der Waals surface area contributed by atoms with E-state index in [1.54, 1.807) is 6.92 Å². The topological polar surface area (TPSA) is 48.1 Å². The standard InChI is InChI=1S/C20H36O4/c1-2-22-19(21)24-20(17-23-20)16-12-8-6-4-3-5-7-9-13-18-14-10-11-15-18/h18H,2-17H2,1H3. The second-order valence-corrected chi connectivity index (χ2v) is 7.50. The van der Waals surface area contributed by atoms with Crippen LogP contribution in [0.2, 0.25) is 0 Å². The van der Waals surface area contributed by atoms with E-state index >= 15 is 0 Å². The minimum Gasteiger partial charge on any atom is -0.435 e. The number of carbonyl (C=O) groups excluding carboxylic acids is 1. The minimum absolute atomic E-state index is 0.343. The van der Waals surface area contributed by atoms with Gasteiger partial charge in [0.05, 0.1) is 6.61 Å². The highest BCUT2D eigenvalue weighted by Crippen LogP contribution is 2.35. The molecule has 0 aromatic carbocycles. The number of ether oxygens (including phenoxy) is 3. The fourth-order valence-corrected chi connectivity index (χ4v) is 3.82. The van der Waals surface area contributed by atoms with E-state index < -0.39 is 11.9 Å². The van der Waals surface area contributed by atoms with E-state index in [1.807, 2.05) is 0 Å². The molecule has 0 aromatic rings. The number of unbranched alkanes of at least 4 members (excludes halogenated alkanes) is 7. The van der Waals surface area contributed by atoms with Gasteiger partial charge in [0.2, 0.25) is 5.79 Å². The van der Waals surface area contributed by atoms with Crippen LogP contribution >= 0.6 is 0 Å². The maximum atomic E-state index is 11.3. The van der Waals surface area contributed by atoms with Crippen LogP contribution in [-0.4, -0.2) is 25.2 Å². The predicted octanol–water partition coefficient (Wildman–Crippen LogP) is 5.98. The lowest BCUT2D eigenvalue weighted by molar-refractivity contribution is -0.0381. The van der Waals surface area contributed by atoms with Crippen LogP contribution in [0.5, 0.6) is 0 Å². The third kappa shape index (κ3) is 7.87. The van der Waals surface area contributed by atoms with Gasteiger partial charge >= 0.3 is 6.16 Å². The van der Waals surface area contributed by atoms with Crippen molar-refractivity contribution in [2.75, 3.05) is 13.2 Å². The Kier molecular flexibility index (Phi) is 8.93. The SMILES string of the molecule is CCOC(=O)OC1(CCCCCCCCCCC2CCCC2)CO1. The van der Waals surface area contributed by atoms with E-state index in [9.17, 15) is 4.79 Å². The molecule has 0 aromatic heterocycles. The normalized spacial score (nSPS) is 23.4. The Balaban J connectivity index is 1.34. The Morgan fingerprint density at radius 3 is 2.17 bits per heavy atom. The average molecular weight is 341 g/mol. The third-order valence-corrected chi connectivity index (χ3v) is 5.39. The van der Waals surface area contributed by atoms with Crippen molar-refractivity contribution in [1.29, 1.82) is 0 Å². The van der Waals surface area contributed by atoms with Gasteiger partial charge in [-0.05, 0) is 19.3 Å². The first-order valence-corrected chi connectivity index (χ1v) is 10.2. The largest absolute Gasteiger partial charge is 0.510 e. The van der Waals surface area contributed by atoms with Gasteiger partial charge in [-0.3, -0.25) is 0 Å². The summed E-state index contributed by atoms with van der Waals surface area (Å²) >= 11 is 0. The van der Waals surface area contributed by atoms with Crippen LogP contribution in [0.15, 0.2) is 0 Å². The van der Waals surface area contributed by atoms with Gasteiger partial charge in [0.1, 0.15) is 6.61 Å². The monoisotopic (exact) mass is 340 g/mol. The molecule has 1 unspecified atom stereocenters. The van der Waals surface area contributed by atoms with Crippen LogP contribution in [-0.2, 0) is 14.2 Å². The summed E-state index contributed by atoms with van der Waals surface area (Å²) < 4.78 is 15.3. The number of hydrogen-bond donors (Lipinski definition) is 0. The second kappa shape index (κ2) is 11.0. The van der Waals surface area contributed by atoms with Crippen LogP contribution in [0.3, 0.4) is 0 Å². The molecule has 2 aliphatic rings. The van der Waals surface area contributed by atoms with E-state index in [1.165, 1.54) is 77.0 Å². The van der Waals surface area contributed by atoms with Crippen molar-refractivity contribution in [3.63, 3.8) is 0 Å². The quantitative estimate of drug-likeness (QED) is 0.235. The first kappa shape index (κ1) is 19.6. The molecule has 2 fully saturated rings. The van der Waals surface area contributed by atoms with E-state index in [0.29, 0.717) is 13.2 Å². The number of epoxide rings is 1. The van der Waals surface area contributed by atoms with E-state index in [2.05, 4.69) is 0 Å². The molecule has 0 radical (unpaired) electrons. The zero-order valence-corrected chi connectivity index (χ0v) is 15.5. The fourth-order valence-electron chi connectivity index (χ4n) is 3.82. The average Bonchev–Trinajstić information content (AvgIpc) is 3.11. The van der Waals surface area contributed by atoms with Crippen LogP contribution in [0, 0.1) is 5.92 Å². The van der Waals surface area contributed by atoms with Gasteiger partial charge < -0.3 is 14.2 Å². The summed E-state index contributed by atoms with van der Waals surface area (Å²) in [5.74, 6) is 0.394. The molecular formula is C20H36O4. The summed E-state index contributed by atoms with van der Waals surface area (Å²) in [4.78, 5) is 11.3. The van der Waals surface area contributed by atoms with Gasteiger partial charge in [-0.2, -0.15) is 0 Å². The van der Waals surface area contributed by atoms with Crippen LogP contribution in [0.25, 0.3) is 0 Å². The van der Waals surface area contributed by atoms with E-state index in [0.717, 1.165) is 18.8 Å². The minimum atomic E-state index is -0.660. The molecule has 4 nitrogen and oxygen atoms in total. The van der Waals surface area contributed by atoms with Crippen LogP contribution in [0.1, 0.15) is 96.8 Å². The maximum absolute atomic E-state index is 11.3. The highest BCUT2D eigenvalue weighted by molar-refractivity contribution is 5.60. The predicted molar refractivity (Wildman–Crippen MR) is 94.9 cm³/mol. The summed E-state index contributed by atoms with van der Waals surface area (Å²) in [6, 6.07) is 0. The molecule has 140 valence electrons. The molecule has 1 heterocycles. The van der Waals surface area contributed by atoms with Crippen molar-refractivity contribution in [3.8, 4) is 0 Å². The smallest absolute Gasteiger partial charge is 0.435 e. The molecule has 0 spiro atoms. The first-order chi connectivity index (χ1) is 11.7. The summed E-state index contributed by atoms with van der Waals surface area (Å²) in [5, 5.41) is 0. The van der Waals surface area contributed by atoms with Crippen LogP contribution in [0.4, 0.5) is 4.79 Å². The van der Waals surface area contributed by atoms with Crippen LogP contribution < -0.4 is 0 Å². The molecule has 1 saturated heterocycles. The van der Waals surface area contributed by atoms with Crippen molar-refractivity contribution < 1.29 is 19.0 Å². The molecule has 0 bridgehead atoms. The number of hydrogen-bond acceptors (Lipinski definition) is 4. The molecule has 2 rings (SSSR count). The molecule has 0 N–H and O–H groups in total. The Morgan fingerprint density at radius 2 is 1.58 bits per heavy atom. The van der Waals surface area contributed by atoms with Gasteiger partial charge in [0, 0.05) is 6.42 Å². The van der Waals surface area contributed by atoms with Gasteiger partial charge in [0.15, 0.2) is 0 Å². The van der Waals surface area contributed by atoms with Gasteiger partial charge in [-0.15, -0.1) is 0 Å². The summed E-state index contributed by atoms with van der Waals surface area (Å²) in [6.45, 7) is 2.64. The van der Waals surface area contributed by atoms with Gasteiger partial charge in [0.25, 0.3) is 0 Å². The molecule has 4 heteroatoms. The van der Waals surface area contributed by atoms with Gasteiger partial charge in [-0.25, -0.2) is 4.79 Å². The number of carbonyl (C=O) groups is 1. The lowest BCUT2D eigenvalue weighted by Gasteiger charge is -2.12. The molecule has 1 aliphatic heterocycles. The zero-order valence-electron chi connectivity index (χ0n) is 15.5. The molecule has 1 aliphatic carbocycles. The van der Waals surface area contributed by atoms with Crippen molar-refractivity contribution in [3.05, 3.63) is 0 Å². The second-order valence-electron chi connectivity index (χ2n) is 7.50. The molecule has 1 saturated carbocycles. The first-order valence-electron chi connectivity index (χ1n) is 10.2. The third-order valence-electron chi connectivity index (χ3n) is 5.39. The Bertz CT molecular complexity index is 346. The van der Waals surface area contributed by atoms with Crippen molar-refractivity contribution >= 4 is 6.16 Å². The van der Waals surface area contributed by atoms with E-state index in [4.69, 9.17) is 14.2 Å². The molecular weight excluding hydrogens is 304 g/mol. The summed E-state index contributed by atoms with van der Waals surface area (Å²) in [5.41, 5.74) is 0. The fraction of sp³-hybridized carbons (Fsp3) is 0.950. The summed E-state index contributed by atoms with van der Waals surface area (Å²) in [7, 11) is 0. The van der Waals surface area contributed by atoms with Crippen molar-refractivity contribution in [2.45, 2.75) is 103 Å². The Morgan fingerprint density at radius 1 is 1.00 bits per heavy atom. The maximum Gasteiger partial charge on any atom is 0.510 e. The molecule has 24 heavy (non-hydrogen) atoms. The molecule has 0 amide bonds. The lowest BCUT2D eigenvalue weighted by atomic mass is 9.99. The Hall–Kier alpha value is -0.770. The van der Waals surface area contributed by atoms with Crippen molar-refractivity contribution in [1.82, 2.24) is 0 Å². The molecule has 1 atom stereocenters.